The molecule has 1 fully saturated rings. The highest BCUT2D eigenvalue weighted by Gasteiger charge is 2.19. The fourth-order valence-electron chi connectivity index (χ4n) is 2.16. The number of nitrogens with one attached hydrogen (secondary N) is 1. The number of hydrogen-bond acceptors (Lipinski definition) is 3. The molecule has 1 saturated heterocycles. The zero-order chi connectivity index (χ0) is 11.0. The Morgan fingerprint density at radius 3 is 3.31 bits per heavy atom. The molecule has 1 aliphatic rings. The van der Waals surface area contributed by atoms with Crippen molar-refractivity contribution in [3.63, 3.8) is 0 Å². The highest BCUT2D eigenvalue weighted by molar-refractivity contribution is 5.37. The second-order valence-electron chi connectivity index (χ2n) is 4.06. The van der Waals surface area contributed by atoms with Gasteiger partial charge in [-0.1, -0.05) is 6.07 Å². The maximum atomic E-state index is 11.7. The van der Waals surface area contributed by atoms with Gasteiger partial charge in [0.1, 0.15) is 11.5 Å². The third kappa shape index (κ3) is 1.53. The third-order valence-corrected chi connectivity index (χ3v) is 2.95. The van der Waals surface area contributed by atoms with Crippen LogP contribution in [0.2, 0.25) is 0 Å². The molecule has 3 heterocycles. The predicted molar refractivity (Wildman–Crippen MR) is 58.5 cm³/mol. The molecule has 0 spiro atoms. The molecule has 1 unspecified atom stereocenters. The van der Waals surface area contributed by atoms with Crippen LogP contribution < -0.4 is 5.56 Å². The van der Waals surface area contributed by atoms with Gasteiger partial charge in [-0.3, -0.25) is 9.89 Å². The van der Waals surface area contributed by atoms with Crippen LogP contribution in [0, 0.1) is 0 Å². The Labute approximate surface area is 92.1 Å². The van der Waals surface area contributed by atoms with Gasteiger partial charge < -0.3 is 4.74 Å². The summed E-state index contributed by atoms with van der Waals surface area (Å²) in [6.45, 7) is 0.821. The second kappa shape index (κ2) is 3.75. The van der Waals surface area contributed by atoms with Gasteiger partial charge in [0.15, 0.2) is 0 Å². The number of fused-ring (bicyclic) bond motifs is 1. The molecule has 3 rings (SSSR count). The van der Waals surface area contributed by atoms with Gasteiger partial charge in [0.25, 0.3) is 5.56 Å². The molecule has 2 aromatic rings. The zero-order valence-corrected chi connectivity index (χ0v) is 8.85. The van der Waals surface area contributed by atoms with E-state index in [0.717, 1.165) is 30.9 Å². The highest BCUT2D eigenvalue weighted by atomic mass is 16.5. The summed E-state index contributed by atoms with van der Waals surface area (Å²) in [5.41, 5.74) is 0.694. The number of aromatic amines is 1. The van der Waals surface area contributed by atoms with E-state index >= 15 is 0 Å². The summed E-state index contributed by atoms with van der Waals surface area (Å²) >= 11 is 0. The molecule has 1 atom stereocenters. The normalized spacial score (nSPS) is 20.6. The summed E-state index contributed by atoms with van der Waals surface area (Å²) in [6, 6.07) is 5.11. The van der Waals surface area contributed by atoms with Crippen LogP contribution in [0.4, 0.5) is 0 Å². The van der Waals surface area contributed by atoms with E-state index in [1.807, 2.05) is 6.07 Å². The smallest absolute Gasteiger partial charge is 0.257 e. The van der Waals surface area contributed by atoms with Gasteiger partial charge in [0.2, 0.25) is 0 Å². The van der Waals surface area contributed by atoms with Crippen molar-refractivity contribution in [2.75, 3.05) is 6.61 Å². The third-order valence-electron chi connectivity index (χ3n) is 2.95. The summed E-state index contributed by atoms with van der Waals surface area (Å²) in [7, 11) is 0. The Bertz CT molecular complexity index is 552. The zero-order valence-electron chi connectivity index (χ0n) is 8.85. The lowest BCUT2D eigenvalue weighted by atomic mass is 10.2. The van der Waals surface area contributed by atoms with Crippen molar-refractivity contribution in [2.24, 2.45) is 0 Å². The standard InChI is InChI=1S/C11H13N3O2/c15-11-5-1-4-9-12-13-10(14(9)11)7-8-3-2-6-16-8/h1,4-5,8,12H,2-3,6-7H2. The average Bonchev–Trinajstić information content (AvgIpc) is 2.90. The van der Waals surface area contributed by atoms with Crippen molar-refractivity contribution in [3.8, 4) is 0 Å². The van der Waals surface area contributed by atoms with Gasteiger partial charge >= 0.3 is 0 Å². The van der Waals surface area contributed by atoms with E-state index in [4.69, 9.17) is 4.74 Å². The lowest BCUT2D eigenvalue weighted by molar-refractivity contribution is 0.109. The van der Waals surface area contributed by atoms with E-state index in [9.17, 15) is 4.79 Å². The van der Waals surface area contributed by atoms with Crippen molar-refractivity contribution in [1.82, 2.24) is 14.6 Å². The topological polar surface area (TPSA) is 59.4 Å². The number of aromatic nitrogens is 3. The minimum absolute atomic E-state index is 0.0424. The molecular weight excluding hydrogens is 206 g/mol. The Kier molecular flexibility index (Phi) is 2.25. The minimum atomic E-state index is -0.0424. The first kappa shape index (κ1) is 9.59. The highest BCUT2D eigenvalue weighted by Crippen LogP contribution is 2.15. The Morgan fingerprint density at radius 2 is 2.50 bits per heavy atom. The molecule has 0 radical (unpaired) electrons. The molecular formula is C11H13N3O2. The Hall–Kier alpha value is -1.62. The molecule has 0 amide bonds. The molecule has 1 aliphatic heterocycles. The first-order chi connectivity index (χ1) is 7.84. The predicted octanol–water partition coefficient (Wildman–Crippen LogP) is 0.744. The average molecular weight is 219 g/mol. The van der Waals surface area contributed by atoms with E-state index in [2.05, 4.69) is 10.2 Å². The maximum Gasteiger partial charge on any atom is 0.257 e. The lowest BCUT2D eigenvalue weighted by Crippen LogP contribution is -2.18. The molecule has 16 heavy (non-hydrogen) atoms. The van der Waals surface area contributed by atoms with Gasteiger partial charge in [-0.15, -0.1) is 0 Å². The lowest BCUT2D eigenvalue weighted by Gasteiger charge is -2.06. The van der Waals surface area contributed by atoms with Gasteiger partial charge in [-0.2, -0.15) is 5.10 Å². The fraction of sp³-hybridized carbons (Fsp3) is 0.455. The summed E-state index contributed by atoms with van der Waals surface area (Å²) in [6.07, 6.45) is 3.06. The van der Waals surface area contributed by atoms with Gasteiger partial charge in [-0.05, 0) is 18.9 Å². The van der Waals surface area contributed by atoms with Crippen molar-refractivity contribution in [1.29, 1.82) is 0 Å². The Morgan fingerprint density at radius 1 is 1.56 bits per heavy atom. The van der Waals surface area contributed by atoms with Crippen molar-refractivity contribution >= 4 is 5.65 Å². The first-order valence-electron chi connectivity index (χ1n) is 5.51. The largest absolute Gasteiger partial charge is 0.378 e. The molecule has 5 nitrogen and oxygen atoms in total. The molecule has 84 valence electrons. The SMILES string of the molecule is O=c1cccc2[nH]nc(CC3CCCO3)n12. The van der Waals surface area contributed by atoms with E-state index in [1.54, 1.807) is 16.5 Å². The van der Waals surface area contributed by atoms with Crippen LogP contribution in [-0.4, -0.2) is 27.3 Å². The molecule has 2 aromatic heterocycles. The first-order valence-corrected chi connectivity index (χ1v) is 5.51. The van der Waals surface area contributed by atoms with Crippen LogP contribution in [-0.2, 0) is 11.2 Å². The molecule has 0 aliphatic carbocycles. The van der Waals surface area contributed by atoms with Crippen LogP contribution >= 0.6 is 0 Å². The number of hydrogen-bond donors (Lipinski definition) is 1. The van der Waals surface area contributed by atoms with Gasteiger partial charge in [-0.25, -0.2) is 4.40 Å². The fourth-order valence-corrected chi connectivity index (χ4v) is 2.16. The van der Waals surface area contributed by atoms with Crippen LogP contribution in [0.15, 0.2) is 23.0 Å². The van der Waals surface area contributed by atoms with Crippen LogP contribution in [0.3, 0.4) is 0 Å². The van der Waals surface area contributed by atoms with Crippen molar-refractivity contribution < 1.29 is 4.74 Å². The monoisotopic (exact) mass is 219 g/mol. The van der Waals surface area contributed by atoms with Crippen LogP contribution in [0.25, 0.3) is 5.65 Å². The Balaban J connectivity index is 2.00. The summed E-state index contributed by atoms with van der Waals surface area (Å²) in [5, 5.41) is 7.04. The van der Waals surface area contributed by atoms with Crippen LogP contribution in [0.5, 0.6) is 0 Å². The molecule has 0 saturated carbocycles. The van der Waals surface area contributed by atoms with E-state index < -0.39 is 0 Å². The number of pyridine rings is 1. The summed E-state index contributed by atoms with van der Waals surface area (Å²) < 4.78 is 7.16. The second-order valence-corrected chi connectivity index (χ2v) is 4.06. The summed E-state index contributed by atoms with van der Waals surface area (Å²) in [5.74, 6) is 0.757. The van der Waals surface area contributed by atoms with E-state index in [1.165, 1.54) is 0 Å². The number of rotatable bonds is 2. The molecule has 0 bridgehead atoms. The number of ether oxygens (including phenoxy) is 1. The minimum Gasteiger partial charge on any atom is -0.378 e. The number of H-pyrrole nitrogens is 1. The van der Waals surface area contributed by atoms with E-state index in [0.29, 0.717) is 6.42 Å². The molecule has 5 heteroatoms. The van der Waals surface area contributed by atoms with Crippen molar-refractivity contribution in [2.45, 2.75) is 25.4 Å². The van der Waals surface area contributed by atoms with Gasteiger partial charge in [0, 0.05) is 19.1 Å². The summed E-state index contributed by atoms with van der Waals surface area (Å²) in [4.78, 5) is 11.7. The molecule has 1 N–H and O–H groups in total. The van der Waals surface area contributed by atoms with Gasteiger partial charge in [0.05, 0.1) is 6.10 Å². The number of nitrogens with zero attached hydrogens (tertiary/aromatic N) is 2. The van der Waals surface area contributed by atoms with Crippen LogP contribution in [0.1, 0.15) is 18.7 Å². The quantitative estimate of drug-likeness (QED) is 0.810. The van der Waals surface area contributed by atoms with E-state index in [-0.39, 0.29) is 11.7 Å². The van der Waals surface area contributed by atoms with Crippen molar-refractivity contribution in [3.05, 3.63) is 34.4 Å². The molecule has 0 aromatic carbocycles. The maximum absolute atomic E-state index is 11.7.